The van der Waals surface area contributed by atoms with Gasteiger partial charge < -0.3 is 19.7 Å². The van der Waals surface area contributed by atoms with Crippen molar-refractivity contribution in [2.24, 2.45) is 0 Å². The van der Waals surface area contributed by atoms with Gasteiger partial charge in [-0.25, -0.2) is 4.98 Å². The van der Waals surface area contributed by atoms with E-state index in [-0.39, 0.29) is 12.5 Å². The van der Waals surface area contributed by atoms with E-state index in [1.165, 1.54) is 6.26 Å². The van der Waals surface area contributed by atoms with Crippen molar-refractivity contribution in [3.63, 3.8) is 0 Å². The molecule has 2 N–H and O–H groups in total. The van der Waals surface area contributed by atoms with Gasteiger partial charge in [-0.3, -0.25) is 9.59 Å². The van der Waals surface area contributed by atoms with E-state index in [9.17, 15) is 14.7 Å². The Labute approximate surface area is 180 Å². The van der Waals surface area contributed by atoms with Crippen molar-refractivity contribution in [3.8, 4) is 11.5 Å². The predicted octanol–water partition coefficient (Wildman–Crippen LogP) is 3.32. The lowest BCUT2D eigenvalue weighted by molar-refractivity contribution is -0.129. The summed E-state index contributed by atoms with van der Waals surface area (Å²) in [5, 5.41) is 12.9. The molecule has 0 aliphatic carbocycles. The average molecular weight is 419 g/mol. The number of oxazole rings is 1. The topological polar surface area (TPSA) is 95.7 Å². The highest BCUT2D eigenvalue weighted by Gasteiger charge is 2.22. The third kappa shape index (κ3) is 5.00. The number of carbonyl (C=O) groups excluding carboxylic acids is 2. The molecule has 1 fully saturated rings. The van der Waals surface area contributed by atoms with Gasteiger partial charge in [-0.15, -0.1) is 0 Å². The second-order valence-corrected chi connectivity index (χ2v) is 7.62. The molecule has 4 rings (SSSR count). The second-order valence-electron chi connectivity index (χ2n) is 7.62. The number of hydrogen-bond donors (Lipinski definition) is 2. The van der Waals surface area contributed by atoms with Crippen LogP contribution >= 0.6 is 0 Å². The van der Waals surface area contributed by atoms with E-state index in [4.69, 9.17) is 4.42 Å². The van der Waals surface area contributed by atoms with Crippen molar-refractivity contribution in [1.82, 2.24) is 15.2 Å². The van der Waals surface area contributed by atoms with Crippen molar-refractivity contribution in [2.45, 2.75) is 31.9 Å². The second kappa shape index (κ2) is 9.57. The molecule has 0 radical (unpaired) electrons. The zero-order valence-corrected chi connectivity index (χ0v) is 17.2. The van der Waals surface area contributed by atoms with Gasteiger partial charge in [-0.2, -0.15) is 0 Å². The van der Waals surface area contributed by atoms with Crippen LogP contribution < -0.4 is 5.32 Å². The van der Waals surface area contributed by atoms with Crippen molar-refractivity contribution in [2.75, 3.05) is 13.1 Å². The summed E-state index contributed by atoms with van der Waals surface area (Å²) in [6.45, 7) is 1.81. The van der Waals surface area contributed by atoms with Crippen molar-refractivity contribution in [1.29, 1.82) is 0 Å². The number of nitrogens with one attached hydrogen (secondary N) is 1. The molecule has 2 amide bonds. The molecular formula is C24H25N3O4. The highest BCUT2D eigenvalue weighted by molar-refractivity contribution is 5.92. The Morgan fingerprint density at radius 3 is 2.45 bits per heavy atom. The zero-order valence-electron chi connectivity index (χ0n) is 17.2. The fourth-order valence-corrected chi connectivity index (χ4v) is 3.60. The highest BCUT2D eigenvalue weighted by atomic mass is 16.3. The van der Waals surface area contributed by atoms with Gasteiger partial charge in [-0.05, 0) is 42.5 Å². The Balaban J connectivity index is 1.35. The van der Waals surface area contributed by atoms with Gasteiger partial charge in [-0.1, -0.05) is 42.5 Å². The maximum atomic E-state index is 12.5. The minimum Gasteiger partial charge on any atom is -0.444 e. The van der Waals surface area contributed by atoms with Gasteiger partial charge in [0.05, 0.1) is 0 Å². The summed E-state index contributed by atoms with van der Waals surface area (Å²) in [4.78, 5) is 30.9. The number of hydrogen-bond acceptors (Lipinski definition) is 5. The first-order valence-corrected chi connectivity index (χ1v) is 10.5. The number of rotatable bonds is 6. The molecule has 0 saturated carbocycles. The SMILES string of the molecule is O=C(NCc1ccc(-c2nc(C(=O)N3CCCCC3)co2)cc1)C(O)c1ccccc1. The number of aliphatic hydroxyl groups is 1. The molecule has 7 heteroatoms. The molecule has 2 heterocycles. The van der Waals surface area contributed by atoms with Crippen LogP contribution in [0.25, 0.3) is 11.5 Å². The summed E-state index contributed by atoms with van der Waals surface area (Å²) < 4.78 is 5.52. The quantitative estimate of drug-likeness (QED) is 0.639. The maximum absolute atomic E-state index is 12.5. The van der Waals surface area contributed by atoms with Gasteiger partial charge >= 0.3 is 0 Å². The minimum absolute atomic E-state index is 0.0917. The van der Waals surface area contributed by atoms with Crippen molar-refractivity contribution in [3.05, 3.63) is 77.7 Å². The molecule has 1 atom stereocenters. The standard InChI is InChI=1S/C24H25N3O4/c28-21(18-7-3-1-4-8-18)22(29)25-15-17-9-11-19(12-10-17)23-26-20(16-31-23)24(30)27-13-5-2-6-14-27/h1,3-4,7-12,16,21,28H,2,5-6,13-15H2,(H,25,29). The Kier molecular flexibility index (Phi) is 6.43. The lowest BCUT2D eigenvalue weighted by Crippen LogP contribution is -2.35. The first kappa shape index (κ1) is 20.8. The molecule has 2 aromatic carbocycles. The maximum Gasteiger partial charge on any atom is 0.275 e. The van der Waals surface area contributed by atoms with E-state index in [0.29, 0.717) is 17.1 Å². The Morgan fingerprint density at radius 1 is 1.03 bits per heavy atom. The number of aliphatic hydroxyl groups excluding tert-OH is 1. The van der Waals surface area contributed by atoms with Crippen LogP contribution in [0, 0.1) is 0 Å². The lowest BCUT2D eigenvalue weighted by atomic mass is 10.1. The first-order valence-electron chi connectivity index (χ1n) is 10.5. The number of likely N-dealkylation sites (tertiary alicyclic amines) is 1. The molecule has 0 bridgehead atoms. The van der Waals surface area contributed by atoms with Crippen LogP contribution in [0.15, 0.2) is 65.3 Å². The molecule has 1 aliphatic heterocycles. The number of amides is 2. The fraction of sp³-hybridized carbons (Fsp3) is 0.292. The van der Waals surface area contributed by atoms with Gasteiger partial charge in [0, 0.05) is 25.2 Å². The first-order chi connectivity index (χ1) is 15.1. The van der Waals surface area contributed by atoms with Gasteiger partial charge in [0.2, 0.25) is 5.89 Å². The van der Waals surface area contributed by atoms with Crippen molar-refractivity contribution >= 4 is 11.8 Å². The normalized spacial score (nSPS) is 14.8. The van der Waals surface area contributed by atoms with Crippen LogP contribution in [-0.4, -0.2) is 39.9 Å². The number of nitrogens with zero attached hydrogens (tertiary/aromatic N) is 2. The van der Waals surface area contributed by atoms with Crippen LogP contribution in [0.4, 0.5) is 0 Å². The molecular weight excluding hydrogens is 394 g/mol. The Morgan fingerprint density at radius 2 is 1.74 bits per heavy atom. The molecule has 0 spiro atoms. The minimum atomic E-state index is -1.20. The summed E-state index contributed by atoms with van der Waals surface area (Å²) in [5.74, 6) is -0.162. The van der Waals surface area contributed by atoms with Gasteiger partial charge in [0.1, 0.15) is 6.26 Å². The third-order valence-corrected chi connectivity index (χ3v) is 5.40. The molecule has 7 nitrogen and oxygen atoms in total. The molecule has 31 heavy (non-hydrogen) atoms. The summed E-state index contributed by atoms with van der Waals surface area (Å²) in [6, 6.07) is 16.2. The molecule has 1 unspecified atom stereocenters. The monoisotopic (exact) mass is 419 g/mol. The number of piperidine rings is 1. The molecule has 160 valence electrons. The summed E-state index contributed by atoms with van der Waals surface area (Å²) >= 11 is 0. The molecule has 1 aromatic heterocycles. The summed E-state index contributed by atoms with van der Waals surface area (Å²) in [6.07, 6.45) is 3.41. The highest BCUT2D eigenvalue weighted by Crippen LogP contribution is 2.21. The van der Waals surface area contributed by atoms with Crippen LogP contribution in [0.3, 0.4) is 0 Å². The number of benzene rings is 2. The zero-order chi connectivity index (χ0) is 21.6. The molecule has 1 aliphatic rings. The van der Waals surface area contributed by atoms with Gasteiger partial charge in [0.15, 0.2) is 11.8 Å². The summed E-state index contributed by atoms with van der Waals surface area (Å²) in [5.41, 5.74) is 2.49. The largest absolute Gasteiger partial charge is 0.444 e. The van der Waals surface area contributed by atoms with Crippen LogP contribution in [0.2, 0.25) is 0 Å². The van der Waals surface area contributed by atoms with Crippen LogP contribution in [0.5, 0.6) is 0 Å². The molecule has 1 saturated heterocycles. The van der Waals surface area contributed by atoms with E-state index >= 15 is 0 Å². The third-order valence-electron chi connectivity index (χ3n) is 5.40. The van der Waals surface area contributed by atoms with E-state index < -0.39 is 12.0 Å². The van der Waals surface area contributed by atoms with Crippen LogP contribution in [-0.2, 0) is 11.3 Å². The van der Waals surface area contributed by atoms with E-state index in [0.717, 1.165) is 43.5 Å². The predicted molar refractivity (Wildman–Crippen MR) is 115 cm³/mol. The Hall–Kier alpha value is -3.45. The van der Waals surface area contributed by atoms with Crippen molar-refractivity contribution < 1.29 is 19.1 Å². The smallest absolute Gasteiger partial charge is 0.275 e. The average Bonchev–Trinajstić information content (AvgIpc) is 3.33. The summed E-state index contributed by atoms with van der Waals surface area (Å²) in [7, 11) is 0. The fourth-order valence-electron chi connectivity index (χ4n) is 3.60. The van der Waals surface area contributed by atoms with E-state index in [1.54, 1.807) is 24.3 Å². The van der Waals surface area contributed by atoms with Crippen LogP contribution in [0.1, 0.15) is 47.0 Å². The van der Waals surface area contributed by atoms with Gasteiger partial charge in [0.25, 0.3) is 11.8 Å². The van der Waals surface area contributed by atoms with E-state index in [1.807, 2.05) is 35.2 Å². The Bertz CT molecular complexity index is 1020. The number of aromatic nitrogens is 1. The molecule has 3 aromatic rings. The van der Waals surface area contributed by atoms with E-state index in [2.05, 4.69) is 10.3 Å². The lowest BCUT2D eigenvalue weighted by Gasteiger charge is -2.25. The number of carbonyl (C=O) groups is 2.